The van der Waals surface area contributed by atoms with E-state index in [1.807, 2.05) is 38.1 Å². The van der Waals surface area contributed by atoms with Gasteiger partial charge in [-0.15, -0.1) is 0 Å². The molecule has 0 radical (unpaired) electrons. The van der Waals surface area contributed by atoms with E-state index in [1.54, 1.807) is 0 Å². The lowest BCUT2D eigenvalue weighted by Gasteiger charge is -2.26. The van der Waals surface area contributed by atoms with Crippen LogP contribution in [0.1, 0.15) is 36.8 Å². The van der Waals surface area contributed by atoms with Gasteiger partial charge < -0.3 is 4.74 Å². The first-order valence-electron chi connectivity index (χ1n) is 5.44. The van der Waals surface area contributed by atoms with Gasteiger partial charge in [0.1, 0.15) is 0 Å². The molecule has 1 aromatic rings. The van der Waals surface area contributed by atoms with Crippen molar-refractivity contribution in [3.8, 4) is 0 Å². The molecule has 1 heterocycles. The number of cyclic esters (lactones) is 1. The summed E-state index contributed by atoms with van der Waals surface area (Å²) in [7, 11) is 0. The third-order valence-electron chi connectivity index (χ3n) is 3.03. The summed E-state index contributed by atoms with van der Waals surface area (Å²) >= 11 is 0. The van der Waals surface area contributed by atoms with Gasteiger partial charge in [-0.1, -0.05) is 24.3 Å². The molecule has 0 bridgehead atoms. The van der Waals surface area contributed by atoms with Crippen LogP contribution in [-0.2, 0) is 9.53 Å². The van der Waals surface area contributed by atoms with E-state index in [1.165, 1.54) is 5.56 Å². The molecule has 2 heteroatoms. The number of carbonyl (C=O) groups is 1. The number of ether oxygens (including phenoxy) is 1. The van der Waals surface area contributed by atoms with Crippen LogP contribution in [0.4, 0.5) is 0 Å². The van der Waals surface area contributed by atoms with Gasteiger partial charge in [0, 0.05) is 0 Å². The molecule has 0 N–H and O–H groups in total. The van der Waals surface area contributed by atoms with E-state index in [4.69, 9.17) is 4.74 Å². The minimum atomic E-state index is -0.0666. The van der Waals surface area contributed by atoms with Crippen LogP contribution in [0.25, 0.3) is 0 Å². The number of hydrogen-bond acceptors (Lipinski definition) is 2. The molecule has 0 aliphatic carbocycles. The van der Waals surface area contributed by atoms with E-state index in [0.29, 0.717) is 0 Å². The summed E-state index contributed by atoms with van der Waals surface area (Å²) < 4.78 is 5.27. The molecule has 80 valence electrons. The first-order valence-corrected chi connectivity index (χ1v) is 5.44. The van der Waals surface area contributed by atoms with E-state index in [-0.39, 0.29) is 18.0 Å². The van der Waals surface area contributed by atoms with Crippen LogP contribution in [0.2, 0.25) is 0 Å². The number of esters is 1. The van der Waals surface area contributed by atoms with Crippen molar-refractivity contribution < 1.29 is 9.53 Å². The predicted molar refractivity (Wildman–Crippen MR) is 58.7 cm³/mol. The van der Waals surface area contributed by atoms with Crippen molar-refractivity contribution in [2.24, 2.45) is 0 Å². The maximum Gasteiger partial charge on any atom is 0.313 e. The van der Waals surface area contributed by atoms with Gasteiger partial charge >= 0.3 is 5.97 Å². The van der Waals surface area contributed by atoms with Gasteiger partial charge in [0.2, 0.25) is 0 Å². The van der Waals surface area contributed by atoms with Gasteiger partial charge in [-0.3, -0.25) is 4.79 Å². The minimum absolute atomic E-state index is 0.0533. The monoisotopic (exact) mass is 204 g/mol. The maximum absolute atomic E-state index is 11.7. The topological polar surface area (TPSA) is 26.3 Å². The molecular weight excluding hydrogens is 188 g/mol. The Morgan fingerprint density at radius 2 is 2.00 bits per heavy atom. The highest BCUT2D eigenvalue weighted by Crippen LogP contribution is 2.30. The first-order chi connectivity index (χ1) is 7.18. The van der Waals surface area contributed by atoms with E-state index >= 15 is 0 Å². The van der Waals surface area contributed by atoms with Crippen LogP contribution in [0.5, 0.6) is 0 Å². The minimum Gasteiger partial charge on any atom is -0.462 e. The fourth-order valence-corrected chi connectivity index (χ4v) is 2.12. The molecule has 1 fully saturated rings. The number of aryl methyl sites for hydroxylation is 1. The van der Waals surface area contributed by atoms with Crippen molar-refractivity contribution in [2.45, 2.75) is 38.7 Å². The van der Waals surface area contributed by atoms with E-state index in [9.17, 15) is 4.79 Å². The van der Waals surface area contributed by atoms with Crippen LogP contribution in [-0.4, -0.2) is 12.1 Å². The van der Waals surface area contributed by atoms with Crippen molar-refractivity contribution in [1.82, 2.24) is 0 Å². The molecule has 1 saturated heterocycles. The molecule has 2 nitrogen and oxygen atoms in total. The molecule has 0 saturated carbocycles. The normalized spacial score (nSPS) is 26.1. The van der Waals surface area contributed by atoms with Crippen molar-refractivity contribution >= 4 is 5.97 Å². The second-order valence-corrected chi connectivity index (χ2v) is 4.23. The molecule has 2 rings (SSSR count). The van der Waals surface area contributed by atoms with Crippen LogP contribution in [0.3, 0.4) is 0 Å². The maximum atomic E-state index is 11.7. The molecule has 1 aromatic carbocycles. The predicted octanol–water partition coefficient (Wildman–Crippen LogP) is 2.80. The van der Waals surface area contributed by atoms with Crippen LogP contribution in [0, 0.1) is 6.92 Å². The molecule has 2 atom stereocenters. The van der Waals surface area contributed by atoms with Crippen molar-refractivity contribution in [2.75, 3.05) is 0 Å². The molecule has 15 heavy (non-hydrogen) atoms. The van der Waals surface area contributed by atoms with Crippen LogP contribution < -0.4 is 0 Å². The summed E-state index contributed by atoms with van der Waals surface area (Å²) in [5.41, 5.74) is 2.29. The second-order valence-electron chi connectivity index (χ2n) is 4.23. The van der Waals surface area contributed by atoms with E-state index < -0.39 is 0 Å². The Bertz CT molecular complexity index is 371. The zero-order valence-corrected chi connectivity index (χ0v) is 9.19. The lowest BCUT2D eigenvalue weighted by molar-refractivity contribution is -0.155. The molecule has 0 amide bonds. The highest BCUT2D eigenvalue weighted by atomic mass is 16.5. The average molecular weight is 204 g/mol. The zero-order valence-electron chi connectivity index (χ0n) is 9.19. The summed E-state index contributed by atoms with van der Waals surface area (Å²) in [6.07, 6.45) is 1.95. The summed E-state index contributed by atoms with van der Waals surface area (Å²) in [5, 5.41) is 0. The highest BCUT2D eigenvalue weighted by molar-refractivity contribution is 5.79. The lowest BCUT2D eigenvalue weighted by Crippen LogP contribution is -2.28. The lowest BCUT2D eigenvalue weighted by atomic mass is 9.88. The Morgan fingerprint density at radius 1 is 1.27 bits per heavy atom. The van der Waals surface area contributed by atoms with Gasteiger partial charge in [-0.25, -0.2) is 0 Å². The summed E-state index contributed by atoms with van der Waals surface area (Å²) in [6.45, 7) is 3.99. The molecule has 0 aromatic heterocycles. The van der Waals surface area contributed by atoms with Gasteiger partial charge in [-0.2, -0.15) is 0 Å². The third-order valence-corrected chi connectivity index (χ3v) is 3.03. The zero-order chi connectivity index (χ0) is 10.8. The highest BCUT2D eigenvalue weighted by Gasteiger charge is 2.29. The number of benzene rings is 1. The molecule has 2 unspecified atom stereocenters. The standard InChI is InChI=1S/C13H16O2/c1-9-5-3-4-6-11(9)12-8-7-10(2)15-13(12)14/h3-6,10,12H,7-8H2,1-2H3. The number of hydrogen-bond donors (Lipinski definition) is 0. The van der Waals surface area contributed by atoms with E-state index in [0.717, 1.165) is 18.4 Å². The Morgan fingerprint density at radius 3 is 2.67 bits per heavy atom. The van der Waals surface area contributed by atoms with Crippen molar-refractivity contribution in [1.29, 1.82) is 0 Å². The largest absolute Gasteiger partial charge is 0.462 e. The molecular formula is C13H16O2. The Hall–Kier alpha value is -1.31. The fraction of sp³-hybridized carbons (Fsp3) is 0.462. The SMILES string of the molecule is Cc1ccccc1C1CCC(C)OC1=O. The molecule has 1 aliphatic heterocycles. The smallest absolute Gasteiger partial charge is 0.313 e. The second kappa shape index (κ2) is 4.05. The van der Waals surface area contributed by atoms with Crippen molar-refractivity contribution in [3.63, 3.8) is 0 Å². The van der Waals surface area contributed by atoms with Gasteiger partial charge in [0.15, 0.2) is 0 Å². The third kappa shape index (κ3) is 2.04. The Balaban J connectivity index is 2.24. The molecule has 1 aliphatic rings. The van der Waals surface area contributed by atoms with Crippen molar-refractivity contribution in [3.05, 3.63) is 35.4 Å². The average Bonchev–Trinajstić information content (AvgIpc) is 2.20. The number of carbonyl (C=O) groups excluding carboxylic acids is 1. The molecule has 0 spiro atoms. The quantitative estimate of drug-likeness (QED) is 0.657. The summed E-state index contributed by atoms with van der Waals surface area (Å²) in [5.74, 6) is -0.120. The first kappa shape index (κ1) is 10.2. The van der Waals surface area contributed by atoms with Crippen LogP contribution in [0.15, 0.2) is 24.3 Å². The number of rotatable bonds is 1. The van der Waals surface area contributed by atoms with E-state index in [2.05, 4.69) is 0 Å². The Kier molecular flexibility index (Phi) is 2.76. The van der Waals surface area contributed by atoms with Crippen LogP contribution >= 0.6 is 0 Å². The van der Waals surface area contributed by atoms with Gasteiger partial charge in [0.25, 0.3) is 0 Å². The summed E-state index contributed by atoms with van der Waals surface area (Å²) in [6, 6.07) is 8.04. The van der Waals surface area contributed by atoms with Gasteiger partial charge in [0.05, 0.1) is 12.0 Å². The Labute approximate surface area is 90.3 Å². The van der Waals surface area contributed by atoms with Gasteiger partial charge in [-0.05, 0) is 37.8 Å². The fourth-order valence-electron chi connectivity index (χ4n) is 2.12. The summed E-state index contributed by atoms with van der Waals surface area (Å²) in [4.78, 5) is 11.7.